The van der Waals surface area contributed by atoms with Crippen LogP contribution in [-0.4, -0.2) is 98.6 Å². The minimum atomic E-state index is -3.17. The summed E-state index contributed by atoms with van der Waals surface area (Å²) >= 11 is 0. The number of hydrogen-bond acceptors (Lipinski definition) is 10. The van der Waals surface area contributed by atoms with Crippen LogP contribution >= 0.6 is 0 Å². The maximum Gasteiger partial charge on any atom is 0.410 e. The number of piperidine rings is 3. The van der Waals surface area contributed by atoms with Crippen LogP contribution in [0.3, 0.4) is 0 Å². The molecule has 1 saturated carbocycles. The molecule has 4 fully saturated rings. The monoisotopic (exact) mass is 830 g/mol. The van der Waals surface area contributed by atoms with Gasteiger partial charge in [-0.3, -0.25) is 29.2 Å². The van der Waals surface area contributed by atoms with E-state index in [2.05, 4.69) is 25.9 Å². The third-order valence-electron chi connectivity index (χ3n) is 12.0. The lowest BCUT2D eigenvalue weighted by molar-refractivity contribution is -0.133. The summed E-state index contributed by atoms with van der Waals surface area (Å²) in [6.07, 6.45) is 5.25. The van der Waals surface area contributed by atoms with Gasteiger partial charge >= 0.3 is 6.09 Å². The molecule has 5 heterocycles. The summed E-state index contributed by atoms with van der Waals surface area (Å²) in [5, 5.41) is 8.50. The maximum atomic E-state index is 15.7. The molecule has 3 N–H and O–H groups in total. The number of hydrogen-bond donors (Lipinski definition) is 3. The van der Waals surface area contributed by atoms with Gasteiger partial charge in [0.05, 0.1) is 18.8 Å². The van der Waals surface area contributed by atoms with E-state index in [0.717, 1.165) is 11.1 Å². The number of nitrogens with zero attached hydrogens (tertiary/aromatic N) is 5. The predicted octanol–water partition coefficient (Wildman–Crippen LogP) is 6.24. The number of pyridine rings is 1. The summed E-state index contributed by atoms with van der Waals surface area (Å²) in [6.45, 7) is 0.0906. The molecule has 2 aromatic heterocycles. The molecule has 0 bridgehead atoms. The average molecular weight is 831 g/mol. The van der Waals surface area contributed by atoms with Crippen LogP contribution in [-0.2, 0) is 14.3 Å². The quantitative estimate of drug-likeness (QED) is 0.131. The zero-order valence-electron chi connectivity index (χ0n) is 32.8. The summed E-state index contributed by atoms with van der Waals surface area (Å²) in [5.74, 6) is -4.94. The van der Waals surface area contributed by atoms with Crippen LogP contribution in [0.2, 0.25) is 0 Å². The van der Waals surface area contributed by atoms with Crippen LogP contribution in [0.4, 0.5) is 34.0 Å². The number of imide groups is 1. The third kappa shape index (κ3) is 9.15. The number of ether oxygens (including phenoxy) is 1. The van der Waals surface area contributed by atoms with E-state index in [1.807, 2.05) is 0 Å². The first-order valence-electron chi connectivity index (χ1n) is 20.4. The van der Waals surface area contributed by atoms with Crippen LogP contribution in [0, 0.1) is 11.6 Å². The van der Waals surface area contributed by atoms with Crippen molar-refractivity contribution in [3.8, 4) is 16.9 Å². The topological polar surface area (TPSA) is 151 Å². The molecule has 2 unspecified atom stereocenters. The van der Waals surface area contributed by atoms with E-state index in [9.17, 15) is 23.6 Å². The molecule has 60 heavy (non-hydrogen) atoms. The highest BCUT2D eigenvalue weighted by atomic mass is 19.3. The number of aromatic nitrogens is 3. The molecule has 3 amide bonds. The first-order valence-corrected chi connectivity index (χ1v) is 20.4. The molecular formula is C43H46F4N8O5. The first-order chi connectivity index (χ1) is 28.9. The molecule has 3 aliphatic heterocycles. The van der Waals surface area contributed by atoms with Crippen LogP contribution in [0.5, 0.6) is 0 Å². The number of carbonyl (C=O) groups is 3. The first kappa shape index (κ1) is 40.9. The van der Waals surface area contributed by atoms with Crippen molar-refractivity contribution in [3.05, 3.63) is 101 Å². The zero-order valence-corrected chi connectivity index (χ0v) is 32.8. The Morgan fingerprint density at radius 1 is 0.850 bits per heavy atom. The molecule has 17 heteroatoms. The van der Waals surface area contributed by atoms with Crippen LogP contribution in [0.1, 0.15) is 69.3 Å². The number of anilines is 2. The van der Waals surface area contributed by atoms with E-state index in [0.29, 0.717) is 80.5 Å². The van der Waals surface area contributed by atoms with E-state index in [1.54, 1.807) is 59.6 Å². The number of benzene rings is 2. The van der Waals surface area contributed by atoms with Crippen LogP contribution in [0.15, 0.2) is 77.9 Å². The van der Waals surface area contributed by atoms with Crippen molar-refractivity contribution in [3.63, 3.8) is 0 Å². The van der Waals surface area contributed by atoms with E-state index < -0.39 is 54.3 Å². The lowest BCUT2D eigenvalue weighted by Gasteiger charge is -2.45. The van der Waals surface area contributed by atoms with E-state index in [4.69, 9.17) is 4.74 Å². The molecule has 0 radical (unpaired) electrons. The summed E-state index contributed by atoms with van der Waals surface area (Å²) in [5.41, 5.74) is 1.81. The summed E-state index contributed by atoms with van der Waals surface area (Å²) in [7, 11) is 0. The molecule has 4 aromatic rings. The fourth-order valence-corrected chi connectivity index (χ4v) is 8.84. The number of carbonyl (C=O) groups excluding carboxylic acids is 3. The Labute approximate surface area is 343 Å². The highest BCUT2D eigenvalue weighted by molar-refractivity contribution is 6.01. The molecule has 0 spiro atoms. The molecule has 13 nitrogen and oxygen atoms in total. The second kappa shape index (κ2) is 17.4. The van der Waals surface area contributed by atoms with E-state index >= 15 is 13.2 Å². The standard InChI is InChI=1S/C43H46F4N8O5/c44-33-23-29(49-35-13-14-37(56)51-40(35)58)9-12-32(33)26-15-19-53(20-16-26)36-17-21-54(25-43(36,46)47)42(59)60-31-10-7-28(8-11-31)50-41-48-24-34(45)39(52-41)27-4-3-5-30(22-27)55-18-2-1-6-38(55)57/h1-6,9,12,18,22-24,26,28,31,35-36,49H,7-8,10-11,13-17,19-21,25H2,(H,48,50,52)(H,51,56,58). The highest BCUT2D eigenvalue weighted by Gasteiger charge is 2.49. The Hall–Kier alpha value is -5.84. The largest absolute Gasteiger partial charge is 0.446 e. The van der Waals surface area contributed by atoms with Gasteiger partial charge in [0.2, 0.25) is 17.8 Å². The molecule has 3 saturated heterocycles. The lowest BCUT2D eigenvalue weighted by Crippen LogP contribution is -2.60. The Morgan fingerprint density at radius 3 is 2.38 bits per heavy atom. The number of rotatable bonds is 9. The van der Waals surface area contributed by atoms with Crippen molar-refractivity contribution in [1.82, 2.24) is 29.7 Å². The molecule has 8 rings (SSSR count). The van der Waals surface area contributed by atoms with E-state index in [-0.39, 0.29) is 54.5 Å². The number of nitrogens with one attached hydrogen (secondary N) is 3. The van der Waals surface area contributed by atoms with Gasteiger partial charge in [-0.25, -0.2) is 32.3 Å². The van der Waals surface area contributed by atoms with Gasteiger partial charge in [-0.2, -0.15) is 0 Å². The smallest absolute Gasteiger partial charge is 0.410 e. The summed E-state index contributed by atoms with van der Waals surface area (Å²) in [6, 6.07) is 14.6. The van der Waals surface area contributed by atoms with Crippen molar-refractivity contribution >= 4 is 29.5 Å². The van der Waals surface area contributed by atoms with Gasteiger partial charge in [-0.15, -0.1) is 0 Å². The summed E-state index contributed by atoms with van der Waals surface area (Å²) < 4.78 is 68.7. The van der Waals surface area contributed by atoms with Gasteiger partial charge in [0.1, 0.15) is 23.7 Å². The third-order valence-corrected chi connectivity index (χ3v) is 12.0. The predicted molar refractivity (Wildman–Crippen MR) is 214 cm³/mol. The van der Waals surface area contributed by atoms with Crippen molar-refractivity contribution in [2.45, 2.75) is 93.9 Å². The van der Waals surface area contributed by atoms with Crippen molar-refractivity contribution in [1.29, 1.82) is 0 Å². The van der Waals surface area contributed by atoms with Crippen LogP contribution < -0.4 is 21.5 Å². The normalized spacial score (nSPS) is 23.8. The zero-order chi connectivity index (χ0) is 42.0. The van der Waals surface area contributed by atoms with Gasteiger partial charge in [0.15, 0.2) is 5.82 Å². The minimum Gasteiger partial charge on any atom is -0.446 e. The van der Waals surface area contributed by atoms with Gasteiger partial charge < -0.3 is 20.3 Å². The van der Waals surface area contributed by atoms with E-state index in [1.165, 1.54) is 16.7 Å². The number of halogens is 4. The number of likely N-dealkylation sites (tertiary alicyclic amines) is 2. The second-order valence-electron chi connectivity index (χ2n) is 16.0. The van der Waals surface area contributed by atoms with Crippen molar-refractivity contribution in [2.75, 3.05) is 36.8 Å². The SMILES string of the molecule is O=C1CCC(Nc2ccc(C3CCN(C4CCN(C(=O)OC5CCC(Nc6ncc(F)c(-c7cccc(-n8ccccc8=O)c7)n6)CC5)CC4(F)F)CC3)c(F)c2)C(=O)N1. The van der Waals surface area contributed by atoms with Gasteiger partial charge in [-0.05, 0) is 106 Å². The Bertz CT molecular complexity index is 2300. The fraction of sp³-hybridized carbons (Fsp3) is 0.442. The molecular weight excluding hydrogens is 785 g/mol. The van der Waals surface area contributed by atoms with Gasteiger partial charge in [-0.1, -0.05) is 24.3 Å². The maximum absolute atomic E-state index is 15.7. The number of amides is 3. The van der Waals surface area contributed by atoms with Crippen molar-refractivity contribution < 1.29 is 36.7 Å². The van der Waals surface area contributed by atoms with Crippen LogP contribution in [0.25, 0.3) is 16.9 Å². The molecule has 4 aliphatic rings. The molecule has 316 valence electrons. The van der Waals surface area contributed by atoms with Crippen molar-refractivity contribution in [2.24, 2.45) is 0 Å². The Balaban J connectivity index is 0.790. The van der Waals surface area contributed by atoms with Gasteiger partial charge in [0.25, 0.3) is 11.5 Å². The molecule has 1 aliphatic carbocycles. The Kier molecular flexibility index (Phi) is 11.9. The lowest BCUT2D eigenvalue weighted by atomic mass is 9.87. The average Bonchev–Trinajstić information content (AvgIpc) is 3.23. The second-order valence-corrected chi connectivity index (χ2v) is 16.0. The molecule has 2 atom stereocenters. The minimum absolute atomic E-state index is 0.0756. The Morgan fingerprint density at radius 2 is 1.65 bits per heavy atom. The summed E-state index contributed by atoms with van der Waals surface area (Å²) in [4.78, 5) is 60.4. The highest BCUT2D eigenvalue weighted by Crippen LogP contribution is 2.38. The fourth-order valence-electron chi connectivity index (χ4n) is 8.84. The van der Waals surface area contributed by atoms with Gasteiger partial charge in [0, 0.05) is 48.2 Å². The molecule has 2 aromatic carbocycles. The number of alkyl halides is 2.